The maximum absolute atomic E-state index is 4.49. The van der Waals surface area contributed by atoms with Gasteiger partial charge in [-0.2, -0.15) is 0 Å². The Hall–Kier alpha value is -1.47. The normalized spacial score (nSPS) is 11.7. The minimum Gasteiger partial charge on any atom is -0.356 e. The van der Waals surface area contributed by atoms with E-state index in [1.54, 1.807) is 29.7 Å². The van der Waals surface area contributed by atoms with Crippen LogP contribution in [0.15, 0.2) is 15.8 Å². The number of rotatable bonds is 8. The fourth-order valence-corrected chi connectivity index (χ4v) is 3.64. The van der Waals surface area contributed by atoms with Crippen LogP contribution in [-0.2, 0) is 12.8 Å². The van der Waals surface area contributed by atoms with E-state index in [0.717, 1.165) is 61.1 Å². The average molecular weight is 352 g/mol. The number of aromatic nitrogens is 2. The molecule has 2 aromatic heterocycles. The van der Waals surface area contributed by atoms with Gasteiger partial charge in [0.05, 0.1) is 15.7 Å². The van der Waals surface area contributed by atoms with Gasteiger partial charge in [-0.15, -0.1) is 22.7 Å². The van der Waals surface area contributed by atoms with Crippen molar-refractivity contribution in [3.63, 3.8) is 0 Å². The Balaban J connectivity index is 1.56. The fourth-order valence-electron chi connectivity index (χ4n) is 2.18. The molecule has 0 aliphatic carbocycles. The Morgan fingerprint density at radius 2 is 1.87 bits per heavy atom. The molecule has 2 aromatic rings. The van der Waals surface area contributed by atoms with E-state index in [0.29, 0.717) is 0 Å². The van der Waals surface area contributed by atoms with E-state index in [4.69, 9.17) is 0 Å². The first-order valence-electron chi connectivity index (χ1n) is 7.94. The van der Waals surface area contributed by atoms with Gasteiger partial charge in [-0.1, -0.05) is 0 Å². The molecule has 2 N–H and O–H groups in total. The summed E-state index contributed by atoms with van der Waals surface area (Å²) in [6.45, 7) is 5.86. The first-order valence-corrected chi connectivity index (χ1v) is 9.70. The average Bonchev–Trinajstić information content (AvgIpc) is 3.13. The molecular weight excluding hydrogens is 326 g/mol. The van der Waals surface area contributed by atoms with E-state index < -0.39 is 0 Å². The van der Waals surface area contributed by atoms with Crippen LogP contribution in [0.4, 0.5) is 0 Å². The Labute approximate surface area is 146 Å². The molecule has 0 fully saturated rings. The number of unbranched alkanes of at least 4 members (excludes halogenated alkanes) is 1. The van der Waals surface area contributed by atoms with Crippen molar-refractivity contribution in [1.82, 2.24) is 20.6 Å². The van der Waals surface area contributed by atoms with Crippen LogP contribution in [-0.4, -0.2) is 36.1 Å². The summed E-state index contributed by atoms with van der Waals surface area (Å²) in [5.74, 6) is 0.863. The van der Waals surface area contributed by atoms with E-state index in [-0.39, 0.29) is 0 Å². The lowest BCUT2D eigenvalue weighted by Crippen LogP contribution is -2.38. The van der Waals surface area contributed by atoms with Gasteiger partial charge in [-0.25, -0.2) is 9.97 Å². The van der Waals surface area contributed by atoms with Crippen molar-refractivity contribution in [1.29, 1.82) is 0 Å². The number of nitrogens with zero attached hydrogens (tertiary/aromatic N) is 3. The maximum Gasteiger partial charge on any atom is 0.190 e. The molecule has 0 bridgehead atoms. The minimum absolute atomic E-state index is 0.848. The molecule has 0 atom stereocenters. The molecule has 2 rings (SSSR count). The van der Waals surface area contributed by atoms with Crippen molar-refractivity contribution >= 4 is 28.6 Å². The van der Waals surface area contributed by atoms with Gasteiger partial charge in [0, 0.05) is 43.0 Å². The summed E-state index contributed by atoms with van der Waals surface area (Å²) in [4.78, 5) is 13.2. The van der Waals surface area contributed by atoms with Crippen LogP contribution < -0.4 is 10.6 Å². The quantitative estimate of drug-likeness (QED) is 0.436. The van der Waals surface area contributed by atoms with Gasteiger partial charge in [0.2, 0.25) is 0 Å². The van der Waals surface area contributed by atoms with Crippen LogP contribution in [0.5, 0.6) is 0 Å². The highest BCUT2D eigenvalue weighted by Crippen LogP contribution is 2.11. The number of aliphatic imine (C=N–C) groups is 1. The Kier molecular flexibility index (Phi) is 7.48. The highest BCUT2D eigenvalue weighted by Gasteiger charge is 2.01. The molecule has 0 radical (unpaired) electrons. The van der Waals surface area contributed by atoms with Gasteiger partial charge >= 0.3 is 0 Å². The highest BCUT2D eigenvalue weighted by atomic mass is 32.1. The zero-order chi connectivity index (χ0) is 16.5. The van der Waals surface area contributed by atoms with Crippen LogP contribution >= 0.6 is 22.7 Å². The van der Waals surface area contributed by atoms with Crippen molar-refractivity contribution in [2.45, 2.75) is 39.5 Å². The fraction of sp³-hybridized carbons (Fsp3) is 0.562. The summed E-state index contributed by atoms with van der Waals surface area (Å²) < 4.78 is 0. The van der Waals surface area contributed by atoms with Crippen LogP contribution in [0.2, 0.25) is 0 Å². The van der Waals surface area contributed by atoms with Crippen LogP contribution in [0.3, 0.4) is 0 Å². The zero-order valence-corrected chi connectivity index (χ0v) is 15.7. The van der Waals surface area contributed by atoms with Gasteiger partial charge in [-0.3, -0.25) is 4.99 Å². The molecule has 0 spiro atoms. The second-order valence-electron chi connectivity index (χ2n) is 5.37. The number of hydrogen-bond acceptors (Lipinski definition) is 5. The standard InChI is InChI=1S/C16H25N5S2/c1-12-10-23-15(20-12)6-4-5-8-18-16(17-3)19-9-7-14-11-22-13(2)21-14/h10-11H,4-9H2,1-3H3,(H2,17,18,19). The molecule has 0 aliphatic rings. The minimum atomic E-state index is 0.848. The highest BCUT2D eigenvalue weighted by molar-refractivity contribution is 7.09. The third-order valence-corrected chi connectivity index (χ3v) is 5.19. The Bertz CT molecular complexity index is 618. The Morgan fingerprint density at radius 3 is 2.52 bits per heavy atom. The van der Waals surface area contributed by atoms with Gasteiger partial charge < -0.3 is 10.6 Å². The third kappa shape index (κ3) is 6.66. The molecule has 7 heteroatoms. The topological polar surface area (TPSA) is 62.2 Å². The summed E-state index contributed by atoms with van der Waals surface area (Å²) in [6, 6.07) is 0. The lowest BCUT2D eigenvalue weighted by atomic mass is 10.2. The van der Waals surface area contributed by atoms with Crippen LogP contribution in [0.1, 0.15) is 34.2 Å². The van der Waals surface area contributed by atoms with Gasteiger partial charge in [0.15, 0.2) is 5.96 Å². The molecule has 0 amide bonds. The Morgan fingerprint density at radius 1 is 1.04 bits per heavy atom. The van der Waals surface area contributed by atoms with Crippen molar-refractivity contribution in [2.75, 3.05) is 20.1 Å². The first-order chi connectivity index (χ1) is 11.2. The zero-order valence-electron chi connectivity index (χ0n) is 14.1. The molecule has 5 nitrogen and oxygen atoms in total. The van der Waals surface area contributed by atoms with Crippen molar-refractivity contribution < 1.29 is 0 Å². The van der Waals surface area contributed by atoms with Crippen molar-refractivity contribution in [3.8, 4) is 0 Å². The van der Waals surface area contributed by atoms with Crippen LogP contribution in [0.25, 0.3) is 0 Å². The second-order valence-corrected chi connectivity index (χ2v) is 7.38. The van der Waals surface area contributed by atoms with E-state index >= 15 is 0 Å². The monoisotopic (exact) mass is 351 g/mol. The van der Waals surface area contributed by atoms with Crippen molar-refractivity contribution in [2.24, 2.45) is 4.99 Å². The number of aryl methyl sites for hydroxylation is 3. The third-order valence-electron chi connectivity index (χ3n) is 3.34. The predicted molar refractivity (Wildman–Crippen MR) is 99.7 cm³/mol. The lowest BCUT2D eigenvalue weighted by molar-refractivity contribution is 0.690. The SMILES string of the molecule is CN=C(NCCCCc1nc(C)cs1)NCCc1csc(C)n1. The maximum atomic E-state index is 4.49. The van der Waals surface area contributed by atoms with Crippen molar-refractivity contribution in [3.05, 3.63) is 32.2 Å². The summed E-state index contributed by atoms with van der Waals surface area (Å²) in [5, 5.41) is 13.3. The molecular formula is C16H25N5S2. The molecule has 126 valence electrons. The van der Waals surface area contributed by atoms with Crippen LogP contribution in [0, 0.1) is 13.8 Å². The molecule has 2 heterocycles. The lowest BCUT2D eigenvalue weighted by Gasteiger charge is -2.11. The summed E-state index contributed by atoms with van der Waals surface area (Å²) >= 11 is 3.46. The second kappa shape index (κ2) is 9.62. The molecule has 0 aromatic carbocycles. The number of thiazole rings is 2. The summed E-state index contributed by atoms with van der Waals surface area (Å²) in [5.41, 5.74) is 2.28. The smallest absolute Gasteiger partial charge is 0.190 e. The molecule has 0 saturated carbocycles. The number of guanidine groups is 1. The van der Waals surface area contributed by atoms with Gasteiger partial charge in [0.25, 0.3) is 0 Å². The van der Waals surface area contributed by atoms with E-state index in [1.807, 2.05) is 13.8 Å². The number of nitrogens with one attached hydrogen (secondary N) is 2. The molecule has 23 heavy (non-hydrogen) atoms. The molecule has 0 unspecified atom stereocenters. The number of hydrogen-bond donors (Lipinski definition) is 2. The summed E-state index contributed by atoms with van der Waals surface area (Å²) in [7, 11) is 1.81. The van der Waals surface area contributed by atoms with Gasteiger partial charge in [-0.05, 0) is 33.1 Å². The largest absolute Gasteiger partial charge is 0.356 e. The van der Waals surface area contributed by atoms with E-state index in [2.05, 4.69) is 36.4 Å². The van der Waals surface area contributed by atoms with E-state index in [1.165, 1.54) is 5.01 Å². The molecule has 0 saturated heterocycles. The molecule has 0 aliphatic heterocycles. The van der Waals surface area contributed by atoms with E-state index in [9.17, 15) is 0 Å². The summed E-state index contributed by atoms with van der Waals surface area (Å²) in [6.07, 6.45) is 4.25. The predicted octanol–water partition coefficient (Wildman–Crippen LogP) is 2.95. The first kappa shape index (κ1) is 17.9. The van der Waals surface area contributed by atoms with Gasteiger partial charge in [0.1, 0.15) is 0 Å².